The quantitative estimate of drug-likeness (QED) is 0.172. The number of nitrogens with zero attached hydrogens (tertiary/aromatic N) is 2. The third-order valence-corrected chi connectivity index (χ3v) is 10.4. The first-order chi connectivity index (χ1) is 25.8. The minimum absolute atomic E-state index is 1.10. The van der Waals surface area contributed by atoms with Gasteiger partial charge in [-0.2, -0.15) is 0 Å². The van der Waals surface area contributed by atoms with Crippen molar-refractivity contribution in [1.82, 2.24) is 4.57 Å². The highest BCUT2D eigenvalue weighted by Gasteiger charge is 2.23. The van der Waals surface area contributed by atoms with Crippen LogP contribution in [0.4, 0.5) is 17.1 Å². The highest BCUT2D eigenvalue weighted by Crippen LogP contribution is 2.46. The van der Waals surface area contributed by atoms with Gasteiger partial charge in [0.05, 0.1) is 28.1 Å². The molecule has 1 heterocycles. The Balaban J connectivity index is 1.26. The van der Waals surface area contributed by atoms with E-state index in [1.165, 1.54) is 65.6 Å². The minimum Gasteiger partial charge on any atom is -0.308 e. The number of benzene rings is 9. The number of hydrogen-bond donors (Lipinski definition) is 0. The van der Waals surface area contributed by atoms with Gasteiger partial charge in [-0.05, 0) is 80.9 Å². The van der Waals surface area contributed by atoms with Crippen LogP contribution < -0.4 is 4.90 Å². The van der Waals surface area contributed by atoms with Gasteiger partial charge in [-0.25, -0.2) is 0 Å². The molecule has 0 saturated carbocycles. The predicted molar refractivity (Wildman–Crippen MR) is 221 cm³/mol. The van der Waals surface area contributed by atoms with Crippen LogP contribution in [0.25, 0.3) is 71.3 Å². The summed E-state index contributed by atoms with van der Waals surface area (Å²) in [6.45, 7) is 0. The molecule has 52 heavy (non-hydrogen) atoms. The molecular weight excluding hydrogens is 629 g/mol. The highest BCUT2D eigenvalue weighted by atomic mass is 15.2. The molecule has 0 unspecified atom stereocenters. The first-order valence-electron chi connectivity index (χ1n) is 17.9. The molecule has 244 valence electrons. The maximum Gasteiger partial charge on any atom is 0.0702 e. The summed E-state index contributed by atoms with van der Waals surface area (Å²) in [5.41, 5.74) is 11.7. The Kier molecular flexibility index (Phi) is 7.18. The molecule has 2 heteroatoms. The van der Waals surface area contributed by atoms with Crippen molar-refractivity contribution in [1.29, 1.82) is 0 Å². The van der Waals surface area contributed by atoms with Crippen molar-refractivity contribution in [3.8, 4) is 27.9 Å². The fraction of sp³-hybridized carbons (Fsp3) is 0. The fourth-order valence-electron chi connectivity index (χ4n) is 8.04. The van der Waals surface area contributed by atoms with Crippen LogP contribution in [0.15, 0.2) is 206 Å². The lowest BCUT2D eigenvalue weighted by atomic mass is 9.94. The number of anilines is 3. The summed E-state index contributed by atoms with van der Waals surface area (Å²) in [7, 11) is 0. The van der Waals surface area contributed by atoms with Gasteiger partial charge in [0, 0.05) is 21.8 Å². The van der Waals surface area contributed by atoms with E-state index in [0.29, 0.717) is 0 Å². The number of fused-ring (bicyclic) bond motifs is 6. The second-order valence-electron chi connectivity index (χ2n) is 13.3. The summed E-state index contributed by atoms with van der Waals surface area (Å²) in [4.78, 5) is 2.43. The van der Waals surface area contributed by atoms with Gasteiger partial charge in [-0.15, -0.1) is 0 Å². The van der Waals surface area contributed by atoms with Crippen molar-refractivity contribution >= 4 is 60.4 Å². The Morgan fingerprint density at radius 2 is 0.923 bits per heavy atom. The Labute approximate surface area is 303 Å². The topological polar surface area (TPSA) is 8.17 Å². The van der Waals surface area contributed by atoms with Crippen LogP contribution in [0, 0.1) is 0 Å². The molecule has 0 fully saturated rings. The lowest BCUT2D eigenvalue weighted by molar-refractivity contribution is 1.15. The molecule has 0 aliphatic heterocycles. The first kappa shape index (κ1) is 30.0. The van der Waals surface area contributed by atoms with Gasteiger partial charge in [-0.1, -0.05) is 164 Å². The van der Waals surface area contributed by atoms with Crippen LogP contribution >= 0.6 is 0 Å². The van der Waals surface area contributed by atoms with Crippen LogP contribution in [0.1, 0.15) is 0 Å². The number of hydrogen-bond acceptors (Lipinski definition) is 1. The molecule has 10 aromatic rings. The molecule has 0 bridgehead atoms. The van der Waals surface area contributed by atoms with Crippen molar-refractivity contribution < 1.29 is 0 Å². The zero-order valence-electron chi connectivity index (χ0n) is 28.5. The smallest absolute Gasteiger partial charge is 0.0702 e. The van der Waals surface area contributed by atoms with Gasteiger partial charge < -0.3 is 9.47 Å². The molecule has 2 nitrogen and oxygen atoms in total. The van der Waals surface area contributed by atoms with Gasteiger partial charge >= 0.3 is 0 Å². The van der Waals surface area contributed by atoms with Crippen molar-refractivity contribution in [2.45, 2.75) is 0 Å². The first-order valence-corrected chi connectivity index (χ1v) is 17.9. The van der Waals surface area contributed by atoms with E-state index in [9.17, 15) is 0 Å². The standard InChI is InChI=1S/C50H34N2/c1-3-15-35(16-4-1)36-29-32-40(33-30-36)51(44-28-14-20-37-19-7-8-22-41(37)44)46-26-11-12-27-47(46)52-45-25-10-9-23-43(45)50-48(52)34-31-39-21-13-24-42(49(39)50)38-17-5-2-6-18-38/h1-34H. The molecule has 0 saturated heterocycles. The van der Waals surface area contributed by atoms with E-state index >= 15 is 0 Å². The molecule has 10 rings (SSSR count). The monoisotopic (exact) mass is 662 g/mol. The van der Waals surface area contributed by atoms with Gasteiger partial charge in [0.15, 0.2) is 0 Å². The zero-order chi connectivity index (χ0) is 34.4. The van der Waals surface area contributed by atoms with Gasteiger partial charge in [-0.3, -0.25) is 0 Å². The highest BCUT2D eigenvalue weighted by molar-refractivity contribution is 6.25. The Hall–Kier alpha value is -6.90. The third-order valence-electron chi connectivity index (χ3n) is 10.4. The van der Waals surface area contributed by atoms with Crippen molar-refractivity contribution in [3.05, 3.63) is 206 Å². The van der Waals surface area contributed by atoms with Crippen LogP contribution in [0.2, 0.25) is 0 Å². The Morgan fingerprint density at radius 1 is 0.327 bits per heavy atom. The molecule has 0 radical (unpaired) electrons. The second-order valence-corrected chi connectivity index (χ2v) is 13.3. The van der Waals surface area contributed by atoms with Gasteiger partial charge in [0.2, 0.25) is 0 Å². The van der Waals surface area contributed by atoms with E-state index < -0.39 is 0 Å². The van der Waals surface area contributed by atoms with E-state index in [0.717, 1.165) is 22.7 Å². The van der Waals surface area contributed by atoms with E-state index in [2.05, 4.69) is 216 Å². The van der Waals surface area contributed by atoms with Crippen LogP contribution in [0.5, 0.6) is 0 Å². The maximum atomic E-state index is 2.47. The largest absolute Gasteiger partial charge is 0.308 e. The summed E-state index contributed by atoms with van der Waals surface area (Å²) in [6.07, 6.45) is 0. The molecule has 0 amide bonds. The molecule has 0 N–H and O–H groups in total. The average Bonchev–Trinajstić information content (AvgIpc) is 3.56. The lowest BCUT2D eigenvalue weighted by Crippen LogP contribution is -2.13. The molecule has 0 aliphatic carbocycles. The number of rotatable bonds is 6. The molecule has 0 spiro atoms. The normalized spacial score (nSPS) is 11.5. The third kappa shape index (κ3) is 4.88. The fourth-order valence-corrected chi connectivity index (χ4v) is 8.04. The van der Waals surface area contributed by atoms with Gasteiger partial charge in [0.25, 0.3) is 0 Å². The molecule has 0 atom stereocenters. The Morgan fingerprint density at radius 3 is 1.75 bits per heavy atom. The zero-order valence-corrected chi connectivity index (χ0v) is 28.5. The van der Waals surface area contributed by atoms with Crippen molar-refractivity contribution in [2.75, 3.05) is 4.90 Å². The van der Waals surface area contributed by atoms with Crippen molar-refractivity contribution in [3.63, 3.8) is 0 Å². The van der Waals surface area contributed by atoms with E-state index in [4.69, 9.17) is 0 Å². The maximum absolute atomic E-state index is 2.47. The van der Waals surface area contributed by atoms with E-state index in [1.54, 1.807) is 0 Å². The van der Waals surface area contributed by atoms with E-state index in [1.807, 2.05) is 0 Å². The SMILES string of the molecule is c1ccc(-c2ccc(N(c3ccccc3-n3c4ccccc4c4c5c(-c6ccccc6)cccc5ccc43)c3cccc4ccccc34)cc2)cc1. The predicted octanol–water partition coefficient (Wildman–Crippen LogP) is 13.9. The van der Waals surface area contributed by atoms with E-state index in [-0.39, 0.29) is 0 Å². The molecule has 0 aliphatic rings. The summed E-state index contributed by atoms with van der Waals surface area (Å²) in [5.74, 6) is 0. The van der Waals surface area contributed by atoms with Crippen molar-refractivity contribution in [2.24, 2.45) is 0 Å². The number of para-hydroxylation sites is 3. The second kappa shape index (κ2) is 12.5. The number of aromatic nitrogens is 1. The summed E-state index contributed by atoms with van der Waals surface area (Å²) >= 11 is 0. The van der Waals surface area contributed by atoms with Crippen LogP contribution in [-0.2, 0) is 0 Å². The van der Waals surface area contributed by atoms with Crippen LogP contribution in [-0.4, -0.2) is 4.57 Å². The Bertz CT molecular complexity index is 2880. The van der Waals surface area contributed by atoms with Gasteiger partial charge in [0.1, 0.15) is 0 Å². The average molecular weight is 663 g/mol. The summed E-state index contributed by atoms with van der Waals surface area (Å²) in [5, 5.41) is 7.44. The summed E-state index contributed by atoms with van der Waals surface area (Å²) < 4.78 is 2.47. The molecule has 1 aromatic heterocycles. The lowest BCUT2D eigenvalue weighted by Gasteiger charge is -2.29. The summed E-state index contributed by atoms with van der Waals surface area (Å²) in [6, 6.07) is 74.6. The molecule has 9 aromatic carbocycles. The van der Waals surface area contributed by atoms with Crippen LogP contribution in [0.3, 0.4) is 0 Å². The minimum atomic E-state index is 1.10. The molecular formula is C50H34N2.